The average molecular weight is 467 g/mol. The number of nitrogens with zero attached hydrogens (tertiary/aromatic N) is 4. The van der Waals surface area contributed by atoms with Crippen molar-refractivity contribution < 1.29 is 13.6 Å². The van der Waals surface area contributed by atoms with Crippen molar-refractivity contribution in [3.05, 3.63) is 71.9 Å². The molecule has 0 aliphatic rings. The Kier molecular flexibility index (Phi) is 6.73. The molecule has 4 aromatic rings. The molecule has 0 spiro atoms. The van der Waals surface area contributed by atoms with Gasteiger partial charge < -0.3 is 4.90 Å². The van der Waals surface area contributed by atoms with E-state index in [1.807, 2.05) is 11.4 Å². The van der Waals surface area contributed by atoms with E-state index >= 15 is 0 Å². The lowest BCUT2D eigenvalue weighted by Gasteiger charge is -2.21. The third-order valence-electron chi connectivity index (χ3n) is 4.71. The third kappa shape index (κ3) is 4.77. The Labute approximate surface area is 191 Å². The zero-order valence-electron chi connectivity index (χ0n) is 16.7. The zero-order valence-corrected chi connectivity index (χ0v) is 18.3. The molecule has 4 rings (SSSR count). The molecule has 32 heavy (non-hydrogen) atoms. The molecule has 0 saturated carbocycles. The first-order chi connectivity index (χ1) is 15.6. The van der Waals surface area contributed by atoms with E-state index in [2.05, 4.69) is 9.97 Å². The maximum absolute atomic E-state index is 13.3. The number of amides is 1. The fourth-order valence-electron chi connectivity index (χ4n) is 3.19. The predicted molar refractivity (Wildman–Crippen MR) is 123 cm³/mol. The number of thiophene rings is 1. The lowest BCUT2D eigenvalue weighted by molar-refractivity contribution is -0.116. The van der Waals surface area contributed by atoms with E-state index in [0.29, 0.717) is 10.7 Å². The van der Waals surface area contributed by atoms with Crippen molar-refractivity contribution >= 4 is 44.9 Å². The third-order valence-corrected chi connectivity index (χ3v) is 6.57. The molecule has 9 heteroatoms. The molecule has 0 bridgehead atoms. The van der Waals surface area contributed by atoms with Gasteiger partial charge in [-0.2, -0.15) is 5.26 Å². The summed E-state index contributed by atoms with van der Waals surface area (Å²) in [6, 6.07) is 13.8. The lowest BCUT2D eigenvalue weighted by Crippen LogP contribution is -2.33. The first-order valence-electron chi connectivity index (χ1n) is 9.60. The minimum absolute atomic E-state index is 0.0770. The molecule has 2 aromatic carbocycles. The van der Waals surface area contributed by atoms with Gasteiger partial charge in [0, 0.05) is 23.2 Å². The summed E-state index contributed by atoms with van der Waals surface area (Å²) in [4.78, 5) is 23.9. The SMILES string of the molecule is N#CCCN(C(=O)CSc1ncnc2scc(-c3ccc(F)cc3)c12)c1ccc(F)cc1. The maximum atomic E-state index is 13.3. The van der Waals surface area contributed by atoms with Crippen molar-refractivity contribution in [1.29, 1.82) is 5.26 Å². The maximum Gasteiger partial charge on any atom is 0.237 e. The first-order valence-corrected chi connectivity index (χ1v) is 11.5. The smallest absolute Gasteiger partial charge is 0.237 e. The summed E-state index contributed by atoms with van der Waals surface area (Å²) in [6.07, 6.45) is 1.61. The van der Waals surface area contributed by atoms with Crippen LogP contribution in [0.3, 0.4) is 0 Å². The van der Waals surface area contributed by atoms with Crippen LogP contribution in [0, 0.1) is 23.0 Å². The van der Waals surface area contributed by atoms with Gasteiger partial charge in [-0.05, 0) is 42.0 Å². The summed E-state index contributed by atoms with van der Waals surface area (Å²) >= 11 is 2.72. The molecule has 0 aliphatic heterocycles. The number of benzene rings is 2. The molecule has 1 amide bonds. The van der Waals surface area contributed by atoms with E-state index in [-0.39, 0.29) is 30.4 Å². The summed E-state index contributed by atoms with van der Waals surface area (Å²) in [5.41, 5.74) is 2.24. The summed E-state index contributed by atoms with van der Waals surface area (Å²) < 4.78 is 26.6. The van der Waals surface area contributed by atoms with Crippen molar-refractivity contribution in [3.8, 4) is 17.2 Å². The average Bonchev–Trinajstić information content (AvgIpc) is 3.24. The van der Waals surface area contributed by atoms with E-state index in [1.54, 1.807) is 12.1 Å². The molecule has 0 radical (unpaired) electrons. The Balaban J connectivity index is 1.59. The van der Waals surface area contributed by atoms with E-state index in [4.69, 9.17) is 5.26 Å². The Morgan fingerprint density at radius 1 is 1.06 bits per heavy atom. The Morgan fingerprint density at radius 2 is 1.75 bits per heavy atom. The second kappa shape index (κ2) is 9.85. The number of carbonyl (C=O) groups excluding carboxylic acids is 1. The summed E-state index contributed by atoms with van der Waals surface area (Å²) in [6.45, 7) is 0.208. The number of hydrogen-bond acceptors (Lipinski definition) is 6. The van der Waals surface area contributed by atoms with Crippen LogP contribution in [0.2, 0.25) is 0 Å². The van der Waals surface area contributed by atoms with Crippen molar-refractivity contribution in [1.82, 2.24) is 9.97 Å². The van der Waals surface area contributed by atoms with Crippen molar-refractivity contribution in [2.24, 2.45) is 0 Å². The number of anilines is 1. The molecule has 0 saturated heterocycles. The van der Waals surface area contributed by atoms with Crippen LogP contribution in [0.4, 0.5) is 14.5 Å². The molecule has 5 nitrogen and oxygen atoms in total. The van der Waals surface area contributed by atoms with Gasteiger partial charge in [0.05, 0.1) is 23.6 Å². The molecule has 160 valence electrons. The minimum atomic E-state index is -0.398. The van der Waals surface area contributed by atoms with E-state index in [0.717, 1.165) is 21.3 Å². The number of thioether (sulfide) groups is 1. The molecule has 2 aromatic heterocycles. The molecule has 2 heterocycles. The highest BCUT2D eigenvalue weighted by atomic mass is 32.2. The van der Waals surface area contributed by atoms with E-state index < -0.39 is 5.82 Å². The van der Waals surface area contributed by atoms with E-state index in [1.165, 1.54) is 70.7 Å². The summed E-state index contributed by atoms with van der Waals surface area (Å²) in [5, 5.41) is 12.3. The molecule has 0 unspecified atom stereocenters. The second-order valence-electron chi connectivity index (χ2n) is 6.73. The lowest BCUT2D eigenvalue weighted by atomic mass is 10.1. The fourth-order valence-corrected chi connectivity index (χ4v) is 5.06. The van der Waals surface area contributed by atoms with Crippen molar-refractivity contribution in [2.75, 3.05) is 17.2 Å². The van der Waals surface area contributed by atoms with Crippen LogP contribution < -0.4 is 4.90 Å². The Bertz CT molecular complexity index is 1280. The van der Waals surface area contributed by atoms with Gasteiger partial charge >= 0.3 is 0 Å². The molecule has 0 fully saturated rings. The van der Waals surface area contributed by atoms with Gasteiger partial charge in [-0.1, -0.05) is 23.9 Å². The van der Waals surface area contributed by atoms with Crippen LogP contribution in [0.5, 0.6) is 0 Å². The monoisotopic (exact) mass is 466 g/mol. The van der Waals surface area contributed by atoms with Crippen LogP contribution >= 0.6 is 23.1 Å². The minimum Gasteiger partial charge on any atom is -0.311 e. The predicted octanol–water partition coefficient (Wildman–Crippen LogP) is 5.68. The number of hydrogen-bond donors (Lipinski definition) is 0. The van der Waals surface area contributed by atoms with Crippen LogP contribution in [0.1, 0.15) is 6.42 Å². The summed E-state index contributed by atoms with van der Waals surface area (Å²) in [5.74, 6) is -0.858. The van der Waals surface area contributed by atoms with Crippen LogP contribution in [-0.4, -0.2) is 28.2 Å². The first kappa shape index (κ1) is 21.9. The van der Waals surface area contributed by atoms with Gasteiger partial charge in [0.2, 0.25) is 5.91 Å². The highest BCUT2D eigenvalue weighted by molar-refractivity contribution is 8.00. The topological polar surface area (TPSA) is 69.9 Å². The highest BCUT2D eigenvalue weighted by Gasteiger charge is 2.19. The van der Waals surface area contributed by atoms with Crippen molar-refractivity contribution in [2.45, 2.75) is 11.4 Å². The standard InChI is InChI=1S/C23H16F2N4OS2/c24-16-4-2-15(3-5-16)19-12-31-22-21(19)23(28-14-27-22)32-13-20(30)29(11-1-10-26)18-8-6-17(25)7-9-18/h2-9,12,14H,1,11,13H2. The van der Waals surface area contributed by atoms with Crippen LogP contribution in [0.15, 0.2) is 65.3 Å². The fraction of sp³-hybridized carbons (Fsp3) is 0.130. The summed E-state index contributed by atoms with van der Waals surface area (Å²) in [7, 11) is 0. The van der Waals surface area contributed by atoms with Crippen LogP contribution in [-0.2, 0) is 4.79 Å². The number of aromatic nitrogens is 2. The number of rotatable bonds is 7. The van der Waals surface area contributed by atoms with Gasteiger partial charge in [0.25, 0.3) is 0 Å². The number of halogens is 2. The number of nitriles is 1. The molecule has 0 aliphatic carbocycles. The van der Waals surface area contributed by atoms with Crippen LogP contribution in [0.25, 0.3) is 21.3 Å². The normalized spacial score (nSPS) is 10.8. The molecule has 0 atom stereocenters. The molecule has 0 N–H and O–H groups in total. The van der Waals surface area contributed by atoms with E-state index in [9.17, 15) is 13.6 Å². The molecular formula is C23H16F2N4OS2. The zero-order chi connectivity index (χ0) is 22.5. The Morgan fingerprint density at radius 3 is 2.44 bits per heavy atom. The Hall–Kier alpha value is -3.35. The van der Waals surface area contributed by atoms with Gasteiger partial charge in [-0.15, -0.1) is 11.3 Å². The quantitative estimate of drug-likeness (QED) is 0.259. The number of fused-ring (bicyclic) bond motifs is 1. The highest BCUT2D eigenvalue weighted by Crippen LogP contribution is 2.38. The second-order valence-corrected chi connectivity index (χ2v) is 8.56. The van der Waals surface area contributed by atoms with Gasteiger partial charge in [0.1, 0.15) is 27.8 Å². The van der Waals surface area contributed by atoms with Gasteiger partial charge in [0.15, 0.2) is 0 Å². The largest absolute Gasteiger partial charge is 0.311 e. The number of carbonyl (C=O) groups is 1. The van der Waals surface area contributed by atoms with Gasteiger partial charge in [-0.25, -0.2) is 18.7 Å². The van der Waals surface area contributed by atoms with Crippen molar-refractivity contribution in [3.63, 3.8) is 0 Å². The van der Waals surface area contributed by atoms with Gasteiger partial charge in [-0.3, -0.25) is 4.79 Å². The molecular weight excluding hydrogens is 450 g/mol.